The number of hydrogen-bond acceptors (Lipinski definition) is 4. The molecule has 1 rings (SSSR count). The van der Waals surface area contributed by atoms with Gasteiger partial charge in [0.25, 0.3) is 0 Å². The van der Waals surface area contributed by atoms with Crippen molar-refractivity contribution in [2.75, 3.05) is 38.0 Å². The van der Waals surface area contributed by atoms with Gasteiger partial charge in [-0.3, -0.25) is 4.21 Å². The number of ether oxygens (including phenoxy) is 2. The molecular weight excluding hydrogens is 202 g/mol. The molecule has 0 aromatic rings. The van der Waals surface area contributed by atoms with E-state index < -0.39 is 10.8 Å². The molecule has 2 unspecified atom stereocenters. The lowest BCUT2D eigenvalue weighted by atomic mass is 10.2. The van der Waals surface area contributed by atoms with Crippen molar-refractivity contribution in [3.63, 3.8) is 0 Å². The van der Waals surface area contributed by atoms with Crippen LogP contribution in [0.1, 0.15) is 13.3 Å². The molecule has 0 radical (unpaired) electrons. The smallest absolute Gasteiger partial charge is 0.147 e. The molecule has 0 aromatic heterocycles. The van der Waals surface area contributed by atoms with Gasteiger partial charge in [-0.15, -0.1) is 0 Å². The largest absolute Gasteiger partial charge is 0.355 e. The van der Waals surface area contributed by atoms with Crippen LogP contribution in [-0.2, 0) is 20.3 Å². The standard InChI is InChI=1S/C9H19NO3S/c1-2-14(11)6-4-10-7-9-3-5-12-8-13-9/h9-10H,2-8H2,1H3. The van der Waals surface area contributed by atoms with Gasteiger partial charge in [-0.1, -0.05) is 6.92 Å². The number of nitrogens with one attached hydrogen (secondary N) is 1. The van der Waals surface area contributed by atoms with Crippen molar-refractivity contribution >= 4 is 10.8 Å². The van der Waals surface area contributed by atoms with Gasteiger partial charge in [0.2, 0.25) is 0 Å². The molecule has 1 saturated heterocycles. The molecule has 5 heteroatoms. The first-order valence-electron chi connectivity index (χ1n) is 5.08. The van der Waals surface area contributed by atoms with Crippen LogP contribution >= 0.6 is 0 Å². The lowest BCUT2D eigenvalue weighted by molar-refractivity contribution is -0.137. The van der Waals surface area contributed by atoms with Gasteiger partial charge in [-0.2, -0.15) is 0 Å². The summed E-state index contributed by atoms with van der Waals surface area (Å²) in [7, 11) is -0.661. The van der Waals surface area contributed by atoms with E-state index in [1.165, 1.54) is 0 Å². The second-order valence-corrected chi connectivity index (χ2v) is 5.11. The minimum Gasteiger partial charge on any atom is -0.355 e. The highest BCUT2D eigenvalue weighted by molar-refractivity contribution is 7.84. The van der Waals surface area contributed by atoms with E-state index in [1.54, 1.807) is 0 Å². The summed E-state index contributed by atoms with van der Waals surface area (Å²) in [6.45, 7) is 4.78. The summed E-state index contributed by atoms with van der Waals surface area (Å²) in [6.07, 6.45) is 1.21. The SMILES string of the molecule is CCS(=O)CCNCC1CCOCO1. The van der Waals surface area contributed by atoms with Crippen LogP contribution in [-0.4, -0.2) is 48.3 Å². The van der Waals surface area contributed by atoms with Crippen LogP contribution in [0.15, 0.2) is 0 Å². The highest BCUT2D eigenvalue weighted by Crippen LogP contribution is 2.03. The molecule has 0 bridgehead atoms. The van der Waals surface area contributed by atoms with E-state index in [-0.39, 0.29) is 6.10 Å². The Balaban J connectivity index is 1.94. The van der Waals surface area contributed by atoms with Crippen molar-refractivity contribution in [1.82, 2.24) is 5.32 Å². The van der Waals surface area contributed by atoms with Crippen LogP contribution in [0.2, 0.25) is 0 Å². The zero-order valence-electron chi connectivity index (χ0n) is 8.66. The second-order valence-electron chi connectivity index (χ2n) is 3.24. The zero-order chi connectivity index (χ0) is 10.2. The van der Waals surface area contributed by atoms with Crippen molar-refractivity contribution in [2.45, 2.75) is 19.4 Å². The Hall–Kier alpha value is 0.0300. The van der Waals surface area contributed by atoms with Gasteiger partial charge in [-0.25, -0.2) is 0 Å². The first-order chi connectivity index (χ1) is 6.83. The summed E-state index contributed by atoms with van der Waals surface area (Å²) in [5, 5.41) is 3.25. The van der Waals surface area contributed by atoms with Crippen molar-refractivity contribution in [3.8, 4) is 0 Å². The Morgan fingerprint density at radius 1 is 1.57 bits per heavy atom. The summed E-state index contributed by atoms with van der Waals surface area (Å²) >= 11 is 0. The fraction of sp³-hybridized carbons (Fsp3) is 1.00. The van der Waals surface area contributed by atoms with Crippen LogP contribution < -0.4 is 5.32 Å². The molecule has 14 heavy (non-hydrogen) atoms. The lowest BCUT2D eigenvalue weighted by Gasteiger charge is -2.22. The lowest BCUT2D eigenvalue weighted by Crippen LogP contribution is -2.35. The fourth-order valence-corrected chi connectivity index (χ4v) is 1.92. The van der Waals surface area contributed by atoms with Crippen molar-refractivity contribution in [3.05, 3.63) is 0 Å². The van der Waals surface area contributed by atoms with E-state index in [1.807, 2.05) is 6.92 Å². The zero-order valence-corrected chi connectivity index (χ0v) is 9.48. The monoisotopic (exact) mass is 221 g/mol. The molecule has 2 atom stereocenters. The molecule has 1 N–H and O–H groups in total. The Labute approximate surface area is 87.8 Å². The van der Waals surface area contributed by atoms with Gasteiger partial charge in [-0.05, 0) is 6.42 Å². The minimum absolute atomic E-state index is 0.263. The van der Waals surface area contributed by atoms with E-state index in [4.69, 9.17) is 9.47 Å². The first kappa shape index (κ1) is 12.1. The molecule has 1 aliphatic heterocycles. The van der Waals surface area contributed by atoms with Gasteiger partial charge >= 0.3 is 0 Å². The number of hydrogen-bond donors (Lipinski definition) is 1. The van der Waals surface area contributed by atoms with Gasteiger partial charge < -0.3 is 14.8 Å². The highest BCUT2D eigenvalue weighted by atomic mass is 32.2. The Morgan fingerprint density at radius 3 is 3.07 bits per heavy atom. The normalized spacial score (nSPS) is 24.8. The summed E-state index contributed by atoms with van der Waals surface area (Å²) in [5.41, 5.74) is 0. The van der Waals surface area contributed by atoms with Gasteiger partial charge in [0, 0.05) is 35.4 Å². The predicted molar refractivity (Wildman–Crippen MR) is 56.7 cm³/mol. The topological polar surface area (TPSA) is 47.6 Å². The minimum atomic E-state index is -0.661. The molecule has 0 amide bonds. The third-order valence-electron chi connectivity index (χ3n) is 2.17. The van der Waals surface area contributed by atoms with Crippen LogP contribution in [0.4, 0.5) is 0 Å². The third kappa shape index (κ3) is 5.05. The van der Waals surface area contributed by atoms with Crippen LogP contribution in [0.5, 0.6) is 0 Å². The molecule has 4 nitrogen and oxygen atoms in total. The third-order valence-corrected chi connectivity index (χ3v) is 3.48. The maximum atomic E-state index is 11.1. The maximum Gasteiger partial charge on any atom is 0.147 e. The first-order valence-corrected chi connectivity index (χ1v) is 6.56. The van der Waals surface area contributed by atoms with Crippen molar-refractivity contribution in [2.24, 2.45) is 0 Å². The predicted octanol–water partition coefficient (Wildman–Crippen LogP) is 0.108. The molecule has 1 aliphatic rings. The van der Waals surface area contributed by atoms with E-state index in [2.05, 4.69) is 5.32 Å². The quantitative estimate of drug-likeness (QED) is 0.647. The summed E-state index contributed by atoms with van der Waals surface area (Å²) < 4.78 is 21.5. The molecule has 1 fully saturated rings. The molecule has 0 aromatic carbocycles. The van der Waals surface area contributed by atoms with Crippen LogP contribution in [0.25, 0.3) is 0 Å². The molecule has 0 aliphatic carbocycles. The van der Waals surface area contributed by atoms with Crippen LogP contribution in [0, 0.1) is 0 Å². The average Bonchev–Trinajstić information content (AvgIpc) is 2.25. The second kappa shape index (κ2) is 7.34. The summed E-state index contributed by atoms with van der Waals surface area (Å²) in [6, 6.07) is 0. The molecule has 84 valence electrons. The van der Waals surface area contributed by atoms with E-state index in [0.29, 0.717) is 6.79 Å². The molecular formula is C9H19NO3S. The van der Waals surface area contributed by atoms with Gasteiger partial charge in [0.15, 0.2) is 0 Å². The molecule has 1 heterocycles. The Kier molecular flexibility index (Phi) is 6.34. The van der Waals surface area contributed by atoms with Gasteiger partial charge in [0.1, 0.15) is 6.79 Å². The fourth-order valence-electron chi connectivity index (χ4n) is 1.26. The van der Waals surface area contributed by atoms with E-state index >= 15 is 0 Å². The highest BCUT2D eigenvalue weighted by Gasteiger charge is 2.12. The number of rotatable bonds is 6. The van der Waals surface area contributed by atoms with Crippen LogP contribution in [0.3, 0.4) is 0 Å². The summed E-state index contributed by atoms with van der Waals surface area (Å²) in [4.78, 5) is 0. The molecule has 0 spiro atoms. The van der Waals surface area contributed by atoms with Crippen molar-refractivity contribution in [1.29, 1.82) is 0 Å². The van der Waals surface area contributed by atoms with E-state index in [0.717, 1.165) is 37.6 Å². The average molecular weight is 221 g/mol. The van der Waals surface area contributed by atoms with E-state index in [9.17, 15) is 4.21 Å². The Morgan fingerprint density at radius 2 is 2.43 bits per heavy atom. The molecule has 0 saturated carbocycles. The Bertz CT molecular complexity index is 171. The van der Waals surface area contributed by atoms with Gasteiger partial charge in [0.05, 0.1) is 12.7 Å². The maximum absolute atomic E-state index is 11.1. The summed E-state index contributed by atoms with van der Waals surface area (Å²) in [5.74, 6) is 1.48. The van der Waals surface area contributed by atoms with Crippen molar-refractivity contribution < 1.29 is 13.7 Å².